The molecule has 0 aromatic heterocycles. The maximum Gasteiger partial charge on any atom is 0.250 e. The molecule has 3 rings (SSSR count). The summed E-state index contributed by atoms with van der Waals surface area (Å²) in [5.41, 5.74) is 0.998. The van der Waals surface area contributed by atoms with Crippen LogP contribution in [0.3, 0.4) is 0 Å². The Morgan fingerprint density at radius 3 is 2.42 bits per heavy atom. The van der Waals surface area contributed by atoms with Crippen LogP contribution in [0.15, 0.2) is 30.3 Å². The second-order valence-electron chi connectivity index (χ2n) is 6.09. The molecule has 1 heterocycles. The summed E-state index contributed by atoms with van der Waals surface area (Å²) in [5, 5.41) is 2.79. The Morgan fingerprint density at radius 2 is 1.84 bits per heavy atom. The van der Waals surface area contributed by atoms with Crippen LogP contribution in [0.4, 0.5) is 0 Å². The van der Waals surface area contributed by atoms with Crippen LogP contribution in [0.2, 0.25) is 0 Å². The predicted molar refractivity (Wildman–Crippen MR) is 71.2 cm³/mol. The third-order valence-electron chi connectivity index (χ3n) is 4.12. The third kappa shape index (κ3) is 2.11. The van der Waals surface area contributed by atoms with Gasteiger partial charge in [0.15, 0.2) is 0 Å². The van der Waals surface area contributed by atoms with E-state index in [2.05, 4.69) is 19.2 Å². The molecule has 4 nitrogen and oxygen atoms in total. The van der Waals surface area contributed by atoms with Gasteiger partial charge in [-0.3, -0.25) is 9.59 Å². The summed E-state index contributed by atoms with van der Waals surface area (Å²) in [6, 6.07) is 9.11. The first kappa shape index (κ1) is 12.2. The number of carbonyl (C=O) groups is 2. The van der Waals surface area contributed by atoms with Crippen molar-refractivity contribution in [2.45, 2.75) is 32.4 Å². The summed E-state index contributed by atoms with van der Waals surface area (Å²) in [6.45, 7) is 4.46. The van der Waals surface area contributed by atoms with E-state index in [0.717, 1.165) is 12.0 Å². The van der Waals surface area contributed by atoms with Gasteiger partial charge >= 0.3 is 0 Å². The Hall–Kier alpha value is -1.84. The number of benzene rings is 1. The number of carbonyl (C=O) groups excluding carboxylic acids is 2. The van der Waals surface area contributed by atoms with Crippen molar-refractivity contribution in [3.05, 3.63) is 35.9 Å². The molecular formula is C15H18N2O2. The fourth-order valence-corrected chi connectivity index (χ4v) is 2.77. The number of rotatable bonds is 2. The summed E-state index contributed by atoms with van der Waals surface area (Å²) in [6.07, 6.45) is 0.980. The lowest BCUT2D eigenvalue weighted by Crippen LogP contribution is -2.54. The number of amides is 2. The van der Waals surface area contributed by atoms with Crippen molar-refractivity contribution in [1.29, 1.82) is 0 Å². The van der Waals surface area contributed by atoms with Crippen molar-refractivity contribution in [3.63, 3.8) is 0 Å². The summed E-state index contributed by atoms with van der Waals surface area (Å²) in [7, 11) is 0. The summed E-state index contributed by atoms with van der Waals surface area (Å²) >= 11 is 0. The molecule has 2 amide bonds. The van der Waals surface area contributed by atoms with E-state index in [0.29, 0.717) is 0 Å². The molecule has 2 atom stereocenters. The molecule has 100 valence electrons. The zero-order valence-electron chi connectivity index (χ0n) is 11.2. The highest BCUT2D eigenvalue weighted by Crippen LogP contribution is 2.49. The molecule has 1 aromatic rings. The number of nitrogens with zero attached hydrogens (tertiary/aromatic N) is 1. The van der Waals surface area contributed by atoms with Crippen LogP contribution in [0.25, 0.3) is 0 Å². The van der Waals surface area contributed by atoms with Gasteiger partial charge in [-0.15, -0.1) is 0 Å². The topological polar surface area (TPSA) is 49.4 Å². The van der Waals surface area contributed by atoms with Gasteiger partial charge in [-0.05, 0) is 17.4 Å². The Morgan fingerprint density at radius 1 is 1.21 bits per heavy atom. The Labute approximate surface area is 112 Å². The monoisotopic (exact) mass is 258 g/mol. The summed E-state index contributed by atoms with van der Waals surface area (Å²) in [4.78, 5) is 26.1. The van der Waals surface area contributed by atoms with Crippen LogP contribution in [-0.4, -0.2) is 29.3 Å². The van der Waals surface area contributed by atoms with Gasteiger partial charge < -0.3 is 10.2 Å². The van der Waals surface area contributed by atoms with Crippen molar-refractivity contribution in [3.8, 4) is 0 Å². The summed E-state index contributed by atoms with van der Waals surface area (Å²) in [5.74, 6) is -0.0578. The van der Waals surface area contributed by atoms with Crippen molar-refractivity contribution in [2.75, 3.05) is 6.54 Å². The van der Waals surface area contributed by atoms with Crippen LogP contribution in [0.5, 0.6) is 0 Å². The quantitative estimate of drug-likeness (QED) is 0.873. The number of piperazine rings is 1. The molecule has 1 aliphatic heterocycles. The van der Waals surface area contributed by atoms with Gasteiger partial charge in [0.25, 0.3) is 5.91 Å². The van der Waals surface area contributed by atoms with E-state index in [4.69, 9.17) is 0 Å². The smallest absolute Gasteiger partial charge is 0.250 e. The minimum atomic E-state index is -0.529. The van der Waals surface area contributed by atoms with E-state index < -0.39 is 6.04 Å². The number of hydrogen-bond acceptors (Lipinski definition) is 2. The average molecular weight is 258 g/mol. The fourth-order valence-electron chi connectivity index (χ4n) is 2.77. The van der Waals surface area contributed by atoms with Crippen molar-refractivity contribution >= 4 is 11.8 Å². The van der Waals surface area contributed by atoms with Crippen molar-refractivity contribution < 1.29 is 9.59 Å². The minimum Gasteiger partial charge on any atom is -0.339 e. The number of nitrogens with one attached hydrogen (secondary N) is 1. The van der Waals surface area contributed by atoms with E-state index >= 15 is 0 Å². The predicted octanol–water partition coefficient (Wildman–Crippen LogP) is 1.48. The molecular weight excluding hydrogens is 240 g/mol. The van der Waals surface area contributed by atoms with Crippen LogP contribution in [-0.2, 0) is 9.59 Å². The zero-order valence-corrected chi connectivity index (χ0v) is 11.2. The lowest BCUT2D eigenvalue weighted by molar-refractivity contribution is -0.145. The lowest BCUT2D eigenvalue weighted by atomic mass is 10.0. The summed E-state index contributed by atoms with van der Waals surface area (Å²) < 4.78 is 0. The van der Waals surface area contributed by atoms with Gasteiger partial charge in [-0.2, -0.15) is 0 Å². The van der Waals surface area contributed by atoms with Crippen molar-refractivity contribution in [2.24, 2.45) is 5.41 Å². The molecule has 4 heteroatoms. The highest BCUT2D eigenvalue weighted by Gasteiger charge is 2.53. The Balaban J connectivity index is 1.86. The van der Waals surface area contributed by atoms with Crippen molar-refractivity contribution in [1.82, 2.24) is 10.2 Å². The largest absolute Gasteiger partial charge is 0.339 e. The van der Waals surface area contributed by atoms with Gasteiger partial charge in [0.05, 0.1) is 6.54 Å². The van der Waals surface area contributed by atoms with Gasteiger partial charge in [-0.25, -0.2) is 0 Å². The van der Waals surface area contributed by atoms with Gasteiger partial charge in [0.2, 0.25) is 5.91 Å². The molecule has 1 saturated carbocycles. The van der Waals surface area contributed by atoms with E-state index in [-0.39, 0.29) is 29.8 Å². The average Bonchev–Trinajstić information content (AvgIpc) is 3.02. The van der Waals surface area contributed by atoms with Gasteiger partial charge in [0, 0.05) is 6.04 Å². The van der Waals surface area contributed by atoms with E-state index in [9.17, 15) is 9.59 Å². The maximum atomic E-state index is 12.6. The first-order valence-electron chi connectivity index (χ1n) is 6.64. The van der Waals surface area contributed by atoms with Crippen LogP contribution in [0.1, 0.15) is 31.9 Å². The molecule has 0 radical (unpaired) electrons. The standard InChI is InChI=1S/C15H18N2O2/c1-15(2)8-11(15)17-9-12(18)16-13(14(17)19)10-6-4-3-5-7-10/h3-7,11,13H,8-9H2,1-2H3,(H,16,18). The van der Waals surface area contributed by atoms with E-state index in [1.807, 2.05) is 30.3 Å². The van der Waals surface area contributed by atoms with Gasteiger partial charge in [0.1, 0.15) is 6.04 Å². The first-order valence-corrected chi connectivity index (χ1v) is 6.64. The Kier molecular flexibility index (Phi) is 2.62. The molecule has 19 heavy (non-hydrogen) atoms. The Bertz CT molecular complexity index is 524. The highest BCUT2D eigenvalue weighted by molar-refractivity contribution is 5.96. The highest BCUT2D eigenvalue weighted by atomic mass is 16.2. The fraction of sp³-hybridized carbons (Fsp3) is 0.467. The van der Waals surface area contributed by atoms with E-state index in [1.165, 1.54) is 0 Å². The van der Waals surface area contributed by atoms with Crippen LogP contribution < -0.4 is 5.32 Å². The maximum absolute atomic E-state index is 12.6. The van der Waals surface area contributed by atoms with Gasteiger partial charge in [-0.1, -0.05) is 44.2 Å². The molecule has 0 bridgehead atoms. The SMILES string of the molecule is CC1(C)CC1N1CC(=O)NC(c2ccccc2)C1=O. The zero-order chi connectivity index (χ0) is 13.6. The second-order valence-corrected chi connectivity index (χ2v) is 6.09. The number of hydrogen-bond donors (Lipinski definition) is 1. The molecule has 0 spiro atoms. The third-order valence-corrected chi connectivity index (χ3v) is 4.12. The molecule has 2 unspecified atom stereocenters. The first-order chi connectivity index (χ1) is 8.99. The molecule has 1 aliphatic carbocycles. The molecule has 1 saturated heterocycles. The molecule has 1 N–H and O–H groups in total. The second kappa shape index (κ2) is 4.08. The normalized spacial score (nSPS) is 29.1. The lowest BCUT2D eigenvalue weighted by Gasteiger charge is -2.33. The molecule has 1 aromatic carbocycles. The minimum absolute atomic E-state index is 0.0152. The van der Waals surface area contributed by atoms with Crippen LogP contribution >= 0.6 is 0 Å². The van der Waals surface area contributed by atoms with Crippen LogP contribution in [0, 0.1) is 5.41 Å². The van der Waals surface area contributed by atoms with E-state index in [1.54, 1.807) is 4.90 Å². The molecule has 2 aliphatic rings. The molecule has 2 fully saturated rings.